The van der Waals surface area contributed by atoms with Crippen molar-refractivity contribution in [2.75, 3.05) is 27.4 Å². The van der Waals surface area contributed by atoms with Crippen LogP contribution in [0.3, 0.4) is 0 Å². The fraction of sp³-hybridized carbons (Fsp3) is 0.391. The minimum absolute atomic E-state index is 0.186. The highest BCUT2D eigenvalue weighted by Gasteiger charge is 2.43. The first-order valence-corrected chi connectivity index (χ1v) is 9.50. The Morgan fingerprint density at radius 2 is 1.07 bits per heavy atom. The molecule has 0 saturated heterocycles. The van der Waals surface area contributed by atoms with Gasteiger partial charge in [-0.3, -0.25) is 0 Å². The molecular formula is C23H30N2O4. The van der Waals surface area contributed by atoms with Gasteiger partial charge in [0.1, 0.15) is 14.2 Å². The predicted molar refractivity (Wildman–Crippen MR) is 115 cm³/mol. The molecular weight excluding hydrogens is 368 g/mol. The van der Waals surface area contributed by atoms with Gasteiger partial charge in [0, 0.05) is 10.8 Å². The summed E-state index contributed by atoms with van der Waals surface area (Å²) in [5.41, 5.74) is 1.28. The zero-order valence-electron chi connectivity index (χ0n) is 17.5. The quantitative estimate of drug-likeness (QED) is 0.474. The molecule has 0 saturated carbocycles. The summed E-state index contributed by atoms with van der Waals surface area (Å²) in [5.74, 6) is 0. The van der Waals surface area contributed by atoms with E-state index in [0.717, 1.165) is 11.1 Å². The third-order valence-electron chi connectivity index (χ3n) is 5.08. The van der Waals surface area contributed by atoms with Gasteiger partial charge in [0.2, 0.25) is 0 Å². The van der Waals surface area contributed by atoms with Gasteiger partial charge in [-0.15, -0.1) is 0 Å². The lowest BCUT2D eigenvalue weighted by Crippen LogP contribution is -2.43. The molecule has 2 aromatic carbocycles. The SMILES string of the molecule is CO/N=C(/c1ccccc1)[C@@](C)(CO)CC(C)(CO)/C(=N/OC)c1ccccc1. The van der Waals surface area contributed by atoms with Crippen LogP contribution < -0.4 is 0 Å². The summed E-state index contributed by atoms with van der Waals surface area (Å²) in [6.45, 7) is 3.44. The number of aliphatic hydroxyl groups excluding tert-OH is 2. The molecule has 0 aromatic heterocycles. The van der Waals surface area contributed by atoms with Crippen LogP contribution >= 0.6 is 0 Å². The standard InChI is InChI=1S/C23H30N2O4/c1-22(16-26,20(24-28-3)18-11-7-5-8-12-18)15-23(2,17-27)21(25-29-4)19-13-9-6-10-14-19/h5-14,26-27H,15-17H2,1-4H3/b24-20-,25-21+/t22-,23?/m1/s1. The molecule has 6 nitrogen and oxygen atoms in total. The smallest absolute Gasteiger partial charge is 0.106 e. The van der Waals surface area contributed by atoms with Crippen molar-refractivity contribution in [2.24, 2.45) is 21.1 Å². The van der Waals surface area contributed by atoms with Crippen molar-refractivity contribution >= 4 is 11.4 Å². The second-order valence-electron chi connectivity index (χ2n) is 7.59. The Balaban J connectivity index is 2.53. The van der Waals surface area contributed by atoms with Crippen LogP contribution in [0.2, 0.25) is 0 Å². The number of hydrogen-bond donors (Lipinski definition) is 2. The van der Waals surface area contributed by atoms with Gasteiger partial charge >= 0.3 is 0 Å². The number of benzene rings is 2. The Bertz CT molecular complexity index is 754. The molecule has 0 fully saturated rings. The fourth-order valence-electron chi connectivity index (χ4n) is 3.69. The lowest BCUT2D eigenvalue weighted by Gasteiger charge is -2.38. The number of nitrogens with zero attached hydrogens (tertiary/aromatic N) is 2. The molecule has 29 heavy (non-hydrogen) atoms. The first-order valence-electron chi connectivity index (χ1n) is 9.50. The van der Waals surface area contributed by atoms with Crippen molar-refractivity contribution in [3.05, 3.63) is 71.8 Å². The summed E-state index contributed by atoms with van der Waals surface area (Å²) < 4.78 is 0. The molecule has 0 aliphatic rings. The maximum Gasteiger partial charge on any atom is 0.106 e. The van der Waals surface area contributed by atoms with E-state index in [0.29, 0.717) is 17.8 Å². The van der Waals surface area contributed by atoms with E-state index in [2.05, 4.69) is 10.3 Å². The van der Waals surface area contributed by atoms with Crippen molar-refractivity contribution in [2.45, 2.75) is 20.3 Å². The van der Waals surface area contributed by atoms with Gasteiger partial charge < -0.3 is 19.9 Å². The number of aliphatic hydroxyl groups is 2. The Kier molecular flexibility index (Phi) is 7.93. The van der Waals surface area contributed by atoms with Crippen molar-refractivity contribution in [1.82, 2.24) is 0 Å². The number of hydrogen-bond acceptors (Lipinski definition) is 6. The molecule has 0 radical (unpaired) electrons. The topological polar surface area (TPSA) is 83.6 Å². The number of rotatable bonds is 10. The first kappa shape index (κ1) is 22.6. The number of oxime groups is 2. The molecule has 2 atom stereocenters. The fourth-order valence-corrected chi connectivity index (χ4v) is 3.69. The second-order valence-corrected chi connectivity index (χ2v) is 7.59. The van der Waals surface area contributed by atoms with Crippen LogP contribution in [0.5, 0.6) is 0 Å². The Hall–Kier alpha value is -2.70. The van der Waals surface area contributed by atoms with Gasteiger partial charge in [-0.25, -0.2) is 0 Å². The van der Waals surface area contributed by atoms with Crippen LogP contribution in [-0.2, 0) is 9.68 Å². The minimum atomic E-state index is -0.807. The summed E-state index contributed by atoms with van der Waals surface area (Å²) in [7, 11) is 2.96. The molecule has 0 bridgehead atoms. The molecule has 0 spiro atoms. The zero-order valence-corrected chi connectivity index (χ0v) is 17.5. The first-order chi connectivity index (χ1) is 13.9. The van der Waals surface area contributed by atoms with Crippen LogP contribution in [0.1, 0.15) is 31.4 Å². The molecule has 156 valence electrons. The van der Waals surface area contributed by atoms with Gasteiger partial charge in [0.15, 0.2) is 0 Å². The van der Waals surface area contributed by atoms with E-state index < -0.39 is 10.8 Å². The van der Waals surface area contributed by atoms with Gasteiger partial charge in [-0.2, -0.15) is 0 Å². The third-order valence-corrected chi connectivity index (χ3v) is 5.08. The predicted octanol–water partition coefficient (Wildman–Crippen LogP) is 3.48. The van der Waals surface area contributed by atoms with Crippen LogP contribution in [0.4, 0.5) is 0 Å². The monoisotopic (exact) mass is 398 g/mol. The van der Waals surface area contributed by atoms with Crippen molar-refractivity contribution in [1.29, 1.82) is 0 Å². The summed E-state index contributed by atoms with van der Waals surface area (Å²) in [4.78, 5) is 10.2. The van der Waals surface area contributed by atoms with Crippen molar-refractivity contribution < 1.29 is 19.9 Å². The van der Waals surface area contributed by atoms with Gasteiger partial charge in [-0.05, 0) is 17.5 Å². The molecule has 0 aliphatic heterocycles. The van der Waals surface area contributed by atoms with E-state index in [9.17, 15) is 10.2 Å². The van der Waals surface area contributed by atoms with Gasteiger partial charge in [0.25, 0.3) is 0 Å². The summed E-state index contributed by atoms with van der Waals surface area (Å²) >= 11 is 0. The highest BCUT2D eigenvalue weighted by atomic mass is 16.6. The Morgan fingerprint density at radius 3 is 1.34 bits per heavy atom. The molecule has 2 N–H and O–H groups in total. The Morgan fingerprint density at radius 1 is 0.724 bits per heavy atom. The van der Waals surface area contributed by atoms with E-state index in [1.165, 1.54) is 14.2 Å². The van der Waals surface area contributed by atoms with Crippen molar-refractivity contribution in [3.63, 3.8) is 0 Å². The summed E-state index contributed by atoms with van der Waals surface area (Å²) in [6.07, 6.45) is 0.362. The highest BCUT2D eigenvalue weighted by Crippen LogP contribution is 2.39. The average Bonchev–Trinajstić information content (AvgIpc) is 2.76. The molecule has 0 amide bonds. The molecule has 0 aliphatic carbocycles. The average molecular weight is 399 g/mol. The normalized spacial score (nSPS) is 16.6. The lowest BCUT2D eigenvalue weighted by molar-refractivity contribution is 0.111. The lowest BCUT2D eigenvalue weighted by atomic mass is 9.66. The molecule has 6 heteroatoms. The second kappa shape index (κ2) is 10.2. The maximum atomic E-state index is 10.4. The molecule has 2 aromatic rings. The van der Waals surface area contributed by atoms with Crippen LogP contribution in [0.15, 0.2) is 71.0 Å². The zero-order chi connectivity index (χ0) is 21.3. The molecule has 2 rings (SSSR count). The van der Waals surface area contributed by atoms with Gasteiger partial charge in [-0.1, -0.05) is 84.8 Å². The molecule has 1 unspecified atom stereocenters. The Labute approximate surface area is 172 Å². The minimum Gasteiger partial charge on any atom is -0.399 e. The van der Waals surface area contributed by atoms with E-state index in [-0.39, 0.29) is 13.2 Å². The maximum absolute atomic E-state index is 10.4. The third kappa shape index (κ3) is 5.22. The van der Waals surface area contributed by atoms with E-state index in [1.807, 2.05) is 74.5 Å². The van der Waals surface area contributed by atoms with Crippen molar-refractivity contribution in [3.8, 4) is 0 Å². The highest BCUT2D eigenvalue weighted by molar-refractivity contribution is 6.07. The van der Waals surface area contributed by atoms with Crippen LogP contribution in [0, 0.1) is 10.8 Å². The van der Waals surface area contributed by atoms with E-state index in [4.69, 9.17) is 9.68 Å². The van der Waals surface area contributed by atoms with E-state index in [1.54, 1.807) is 0 Å². The van der Waals surface area contributed by atoms with Gasteiger partial charge in [0.05, 0.1) is 24.6 Å². The molecule has 0 heterocycles. The summed E-state index contributed by atoms with van der Waals surface area (Å²) in [5, 5.41) is 29.3. The van der Waals surface area contributed by atoms with E-state index >= 15 is 0 Å². The van der Waals surface area contributed by atoms with Crippen LogP contribution in [0.25, 0.3) is 0 Å². The largest absolute Gasteiger partial charge is 0.399 e. The van der Waals surface area contributed by atoms with Crippen LogP contribution in [-0.4, -0.2) is 49.1 Å². The summed E-state index contributed by atoms with van der Waals surface area (Å²) in [6, 6.07) is 19.1.